The van der Waals surface area contributed by atoms with Crippen LogP contribution >= 0.6 is 0 Å². The van der Waals surface area contributed by atoms with Gasteiger partial charge in [-0.3, -0.25) is 4.21 Å². The second-order valence-corrected chi connectivity index (χ2v) is 6.64. The summed E-state index contributed by atoms with van der Waals surface area (Å²) in [4.78, 5) is 0.348. The Balaban J connectivity index is 3.19. The maximum absolute atomic E-state index is 10.8. The lowest BCUT2D eigenvalue weighted by molar-refractivity contribution is 0.196. The third-order valence-electron chi connectivity index (χ3n) is 4.05. The first kappa shape index (κ1) is 14.4. The van der Waals surface area contributed by atoms with Gasteiger partial charge in [0.05, 0.1) is 0 Å². The van der Waals surface area contributed by atoms with Crippen LogP contribution in [-0.4, -0.2) is 8.76 Å². The largest absolute Gasteiger partial charge is 0.768 e. The van der Waals surface area contributed by atoms with Gasteiger partial charge in [0.25, 0.3) is 0 Å². The predicted octanol–water partition coefficient (Wildman–Crippen LogP) is 3.64. The lowest BCUT2D eigenvalue weighted by Gasteiger charge is -2.42. The van der Waals surface area contributed by atoms with Crippen molar-refractivity contribution >= 4 is 11.1 Å². The molecule has 0 fully saturated rings. The van der Waals surface area contributed by atoms with Crippen molar-refractivity contribution in [1.29, 1.82) is 0 Å². The van der Waals surface area contributed by atoms with Crippen LogP contribution in [0.2, 0.25) is 0 Å². The molecule has 3 heteroatoms. The maximum atomic E-state index is 10.8. The molecule has 96 valence electrons. The van der Waals surface area contributed by atoms with Crippen LogP contribution in [0.3, 0.4) is 0 Å². The van der Waals surface area contributed by atoms with Crippen LogP contribution in [0, 0.1) is 5.41 Å². The van der Waals surface area contributed by atoms with E-state index in [1.165, 1.54) is 5.56 Å². The quantitative estimate of drug-likeness (QED) is 0.772. The zero-order valence-corrected chi connectivity index (χ0v) is 12.1. The monoisotopic (exact) mass is 253 g/mol. The van der Waals surface area contributed by atoms with Crippen LogP contribution in [0.4, 0.5) is 0 Å². The smallest absolute Gasteiger partial charge is 0.0248 e. The summed E-state index contributed by atoms with van der Waals surface area (Å²) in [6, 6.07) is 7.22. The van der Waals surface area contributed by atoms with Gasteiger partial charge in [0.2, 0.25) is 0 Å². The molecular formula is C14H21O2S-. The van der Waals surface area contributed by atoms with Crippen LogP contribution in [-0.2, 0) is 16.5 Å². The molecule has 0 N–H and O–H groups in total. The fraction of sp³-hybridized carbons (Fsp3) is 0.571. The van der Waals surface area contributed by atoms with E-state index in [-0.39, 0.29) is 10.8 Å². The van der Waals surface area contributed by atoms with E-state index >= 15 is 0 Å². The van der Waals surface area contributed by atoms with E-state index in [1.54, 1.807) is 12.1 Å². The first-order valence-corrected chi connectivity index (χ1v) is 6.99. The van der Waals surface area contributed by atoms with Gasteiger partial charge in [0, 0.05) is 4.90 Å². The van der Waals surface area contributed by atoms with Gasteiger partial charge in [0.1, 0.15) is 0 Å². The Hall–Kier alpha value is -0.670. The van der Waals surface area contributed by atoms with Gasteiger partial charge in [-0.1, -0.05) is 46.8 Å². The van der Waals surface area contributed by atoms with Crippen molar-refractivity contribution in [3.8, 4) is 0 Å². The predicted molar refractivity (Wildman–Crippen MR) is 70.7 cm³/mol. The van der Waals surface area contributed by atoms with Gasteiger partial charge >= 0.3 is 0 Å². The summed E-state index contributed by atoms with van der Waals surface area (Å²) in [6.45, 7) is 11.1. The van der Waals surface area contributed by atoms with Gasteiger partial charge in [-0.2, -0.15) is 0 Å². The summed E-state index contributed by atoms with van der Waals surface area (Å²) >= 11 is -2.14. The zero-order chi connectivity index (χ0) is 13.3. The Bertz CT molecular complexity index is 403. The molecule has 1 aromatic carbocycles. The number of benzene rings is 1. The molecular weight excluding hydrogens is 232 g/mol. The van der Waals surface area contributed by atoms with E-state index in [0.717, 1.165) is 6.42 Å². The molecule has 0 aromatic heterocycles. The third-order valence-corrected chi connectivity index (χ3v) is 4.70. The minimum absolute atomic E-state index is 0.0515. The normalized spacial score (nSPS) is 17.5. The van der Waals surface area contributed by atoms with E-state index in [1.807, 2.05) is 12.1 Å². The summed E-state index contributed by atoms with van der Waals surface area (Å²) in [5.74, 6) is 0. The van der Waals surface area contributed by atoms with Crippen LogP contribution in [0.1, 0.15) is 46.6 Å². The van der Waals surface area contributed by atoms with Gasteiger partial charge in [-0.15, -0.1) is 0 Å². The standard InChI is InChI=1S/C14H22O2S/c1-6-14(5,13(2,3)4)11-7-9-12(10-8-11)17(15)16/h7-10H,6H2,1-5H3,(H,15,16)/p-1. The van der Waals surface area contributed by atoms with Crippen molar-refractivity contribution in [1.82, 2.24) is 0 Å². The van der Waals surface area contributed by atoms with Crippen LogP contribution < -0.4 is 0 Å². The highest BCUT2D eigenvalue weighted by Gasteiger charge is 2.37. The molecule has 0 radical (unpaired) electrons. The molecule has 0 saturated heterocycles. The molecule has 0 aliphatic rings. The van der Waals surface area contributed by atoms with E-state index in [2.05, 4.69) is 34.6 Å². The molecule has 2 unspecified atom stereocenters. The van der Waals surface area contributed by atoms with E-state index in [9.17, 15) is 8.76 Å². The Morgan fingerprint density at radius 3 is 1.88 bits per heavy atom. The topological polar surface area (TPSA) is 40.1 Å². The van der Waals surface area contributed by atoms with Crippen LogP contribution in [0.25, 0.3) is 0 Å². The van der Waals surface area contributed by atoms with Crippen molar-refractivity contribution < 1.29 is 8.76 Å². The molecule has 0 spiro atoms. The first-order valence-electron chi connectivity index (χ1n) is 5.92. The summed E-state index contributed by atoms with van der Waals surface area (Å²) in [7, 11) is 0. The fourth-order valence-corrected chi connectivity index (χ4v) is 2.46. The van der Waals surface area contributed by atoms with Gasteiger partial charge in [-0.05, 0) is 46.0 Å². The van der Waals surface area contributed by atoms with Crippen molar-refractivity contribution in [2.45, 2.75) is 51.3 Å². The molecule has 17 heavy (non-hydrogen) atoms. The molecule has 2 atom stereocenters. The molecule has 2 nitrogen and oxygen atoms in total. The Morgan fingerprint density at radius 1 is 1.12 bits per heavy atom. The molecule has 0 aliphatic carbocycles. The van der Waals surface area contributed by atoms with Gasteiger partial charge < -0.3 is 4.55 Å². The fourth-order valence-electron chi connectivity index (χ4n) is 2.10. The second-order valence-electron chi connectivity index (χ2n) is 5.69. The van der Waals surface area contributed by atoms with E-state index in [4.69, 9.17) is 0 Å². The summed E-state index contributed by atoms with van der Waals surface area (Å²) in [5.41, 5.74) is 1.39. The number of hydrogen-bond acceptors (Lipinski definition) is 2. The van der Waals surface area contributed by atoms with Crippen molar-refractivity contribution in [2.24, 2.45) is 5.41 Å². The molecule has 0 saturated carbocycles. The molecule has 1 rings (SSSR count). The van der Waals surface area contributed by atoms with Crippen LogP contribution in [0.15, 0.2) is 29.2 Å². The Morgan fingerprint density at radius 2 is 1.59 bits per heavy atom. The van der Waals surface area contributed by atoms with Crippen molar-refractivity contribution in [2.75, 3.05) is 0 Å². The van der Waals surface area contributed by atoms with Gasteiger partial charge in [0.15, 0.2) is 0 Å². The highest BCUT2D eigenvalue weighted by molar-refractivity contribution is 7.79. The second kappa shape index (κ2) is 4.91. The average Bonchev–Trinajstić information content (AvgIpc) is 2.26. The minimum Gasteiger partial charge on any atom is -0.768 e. The van der Waals surface area contributed by atoms with Crippen LogP contribution in [0.5, 0.6) is 0 Å². The molecule has 0 bridgehead atoms. The van der Waals surface area contributed by atoms with E-state index < -0.39 is 11.1 Å². The Kier molecular flexibility index (Phi) is 4.15. The lowest BCUT2D eigenvalue weighted by Crippen LogP contribution is -2.36. The molecule has 0 heterocycles. The summed E-state index contributed by atoms with van der Waals surface area (Å²) < 4.78 is 21.7. The zero-order valence-electron chi connectivity index (χ0n) is 11.2. The lowest BCUT2D eigenvalue weighted by atomic mass is 9.62. The molecule has 0 amide bonds. The Labute approximate surface area is 107 Å². The summed E-state index contributed by atoms with van der Waals surface area (Å²) in [6.07, 6.45) is 1.02. The molecule has 1 aromatic rings. The number of hydrogen-bond donors (Lipinski definition) is 0. The number of rotatable bonds is 3. The highest BCUT2D eigenvalue weighted by Crippen LogP contribution is 2.43. The van der Waals surface area contributed by atoms with E-state index in [0.29, 0.717) is 4.90 Å². The minimum atomic E-state index is -2.14. The van der Waals surface area contributed by atoms with Crippen molar-refractivity contribution in [3.63, 3.8) is 0 Å². The maximum Gasteiger partial charge on any atom is 0.0248 e. The summed E-state index contributed by atoms with van der Waals surface area (Å²) in [5, 5.41) is 0. The SMILES string of the molecule is CCC(C)(c1ccc(S(=O)[O-])cc1)C(C)(C)C. The van der Waals surface area contributed by atoms with Crippen molar-refractivity contribution in [3.05, 3.63) is 29.8 Å². The highest BCUT2D eigenvalue weighted by atomic mass is 32.2. The van der Waals surface area contributed by atoms with Gasteiger partial charge in [-0.25, -0.2) is 0 Å². The molecule has 0 aliphatic heterocycles. The first-order chi connectivity index (χ1) is 7.72. The average molecular weight is 253 g/mol. The third kappa shape index (κ3) is 2.78.